The van der Waals surface area contributed by atoms with Gasteiger partial charge in [-0.15, -0.1) is 0 Å². The van der Waals surface area contributed by atoms with Gasteiger partial charge in [0.25, 0.3) is 0 Å². The van der Waals surface area contributed by atoms with E-state index in [0.29, 0.717) is 12.8 Å². The lowest BCUT2D eigenvalue weighted by Crippen LogP contribution is -2.57. The first-order valence-corrected chi connectivity index (χ1v) is 15.2. The quantitative estimate of drug-likeness (QED) is 0.241. The average Bonchev–Trinajstić information content (AvgIpc) is 3.46. The third-order valence-electron chi connectivity index (χ3n) is 11.1. The van der Waals surface area contributed by atoms with Crippen LogP contribution in [0.25, 0.3) is 16.7 Å². The van der Waals surface area contributed by atoms with Gasteiger partial charge in [0.1, 0.15) is 0 Å². The number of Topliss-reactive ketones (excluding diaryl/α,β-unsaturated/α-hetero) is 2. The van der Waals surface area contributed by atoms with Gasteiger partial charge in [-0.05, 0) is 71.2 Å². The van der Waals surface area contributed by atoms with E-state index in [9.17, 15) is 0 Å². The molecule has 4 unspecified atom stereocenters. The number of allylic oxidation sites excluding steroid dienone is 4. The summed E-state index contributed by atoms with van der Waals surface area (Å²) >= 11 is 0. The third-order valence-corrected chi connectivity index (χ3v) is 11.1. The molecule has 0 saturated heterocycles. The normalized spacial score (nSPS) is 29.9. The fourth-order valence-corrected chi connectivity index (χ4v) is 9.89. The topological polar surface area (TPSA) is 34.1 Å². The molecule has 2 bridgehead atoms. The number of hydrogen-bond donors (Lipinski definition) is 0. The molecular formula is C40H36O2. The van der Waals surface area contributed by atoms with Gasteiger partial charge < -0.3 is 0 Å². The molecule has 7 rings (SSSR count). The Morgan fingerprint density at radius 1 is 0.524 bits per heavy atom. The number of carbonyl (C=O) groups is 2. The molecule has 4 aromatic rings. The van der Waals surface area contributed by atoms with Crippen molar-refractivity contribution >= 4 is 28.3 Å². The maximum absolute atomic E-state index is 15.9. The van der Waals surface area contributed by atoms with Gasteiger partial charge in [0, 0.05) is 0 Å². The average molecular weight is 549 g/mol. The van der Waals surface area contributed by atoms with E-state index in [1.807, 2.05) is 55.5 Å². The summed E-state index contributed by atoms with van der Waals surface area (Å²) < 4.78 is 0. The van der Waals surface area contributed by atoms with Gasteiger partial charge in [-0.1, -0.05) is 135 Å². The third kappa shape index (κ3) is 2.68. The van der Waals surface area contributed by atoms with Gasteiger partial charge >= 0.3 is 0 Å². The van der Waals surface area contributed by atoms with Crippen molar-refractivity contribution in [3.8, 4) is 0 Å². The molecule has 0 N–H and O–H groups in total. The molecule has 0 amide bonds. The van der Waals surface area contributed by atoms with Crippen molar-refractivity contribution in [1.82, 2.24) is 0 Å². The molecule has 0 radical (unpaired) electrons. The van der Waals surface area contributed by atoms with Crippen LogP contribution in [0, 0.1) is 16.2 Å². The van der Waals surface area contributed by atoms with E-state index in [-0.39, 0.29) is 11.6 Å². The van der Waals surface area contributed by atoms with Crippen molar-refractivity contribution in [1.29, 1.82) is 0 Å². The van der Waals surface area contributed by atoms with Crippen molar-refractivity contribution < 1.29 is 9.59 Å². The van der Waals surface area contributed by atoms with Crippen LogP contribution in [0.15, 0.2) is 127 Å². The van der Waals surface area contributed by atoms with Crippen LogP contribution >= 0.6 is 0 Å². The van der Waals surface area contributed by atoms with Crippen LogP contribution in [0.3, 0.4) is 0 Å². The van der Waals surface area contributed by atoms with E-state index in [1.165, 1.54) is 0 Å². The Kier molecular flexibility index (Phi) is 5.76. The molecule has 42 heavy (non-hydrogen) atoms. The molecule has 4 atom stereocenters. The van der Waals surface area contributed by atoms with E-state index < -0.39 is 21.7 Å². The van der Waals surface area contributed by atoms with Crippen molar-refractivity contribution in [2.24, 2.45) is 16.2 Å². The number of rotatable bonds is 6. The number of fused-ring (bicyclic) bond motifs is 5. The van der Waals surface area contributed by atoms with Gasteiger partial charge in [-0.2, -0.15) is 0 Å². The van der Waals surface area contributed by atoms with Gasteiger partial charge in [-0.3, -0.25) is 9.59 Å². The standard InChI is InChI=1S/C40H36O2/c1-5-38-33(29-21-13-8-14-22-29)34(30-23-15-9-16-24-30)39(6-2,36(38)42)40(31-25-17-10-18-26-31)32(28-19-11-7-12-20-28)27(3)35(41)37(38,40)4/h7-26H,5-6H2,1-4H3. The number of ketones is 2. The summed E-state index contributed by atoms with van der Waals surface area (Å²) in [7, 11) is 0. The molecule has 0 aromatic heterocycles. The molecule has 3 aliphatic carbocycles. The lowest BCUT2D eigenvalue weighted by Gasteiger charge is -2.56. The highest BCUT2D eigenvalue weighted by molar-refractivity contribution is 6.33. The molecule has 0 aliphatic heterocycles. The summed E-state index contributed by atoms with van der Waals surface area (Å²) in [6.07, 6.45) is 1.12. The predicted octanol–water partition coefficient (Wildman–Crippen LogP) is 8.99. The van der Waals surface area contributed by atoms with Crippen molar-refractivity contribution in [3.63, 3.8) is 0 Å². The summed E-state index contributed by atoms with van der Waals surface area (Å²) in [6.45, 7) is 8.41. The Hall–Kier alpha value is -4.30. The zero-order valence-electron chi connectivity index (χ0n) is 24.8. The van der Waals surface area contributed by atoms with Crippen molar-refractivity contribution in [2.45, 2.75) is 46.0 Å². The van der Waals surface area contributed by atoms with Crippen molar-refractivity contribution in [2.75, 3.05) is 0 Å². The van der Waals surface area contributed by atoms with Crippen LogP contribution in [0.2, 0.25) is 0 Å². The fourth-order valence-electron chi connectivity index (χ4n) is 9.89. The number of hydrogen-bond acceptors (Lipinski definition) is 2. The van der Waals surface area contributed by atoms with Crippen molar-refractivity contribution in [3.05, 3.63) is 149 Å². The molecule has 3 aliphatic rings. The molecule has 1 fully saturated rings. The maximum Gasteiger partial charge on any atom is 0.167 e. The highest BCUT2D eigenvalue weighted by Gasteiger charge is 2.89. The monoisotopic (exact) mass is 548 g/mol. The summed E-state index contributed by atoms with van der Waals surface area (Å²) in [4.78, 5) is 31.1. The first-order chi connectivity index (χ1) is 20.4. The van der Waals surface area contributed by atoms with E-state index in [2.05, 4.69) is 93.6 Å². The lowest BCUT2D eigenvalue weighted by atomic mass is 9.42. The Labute approximate surface area is 248 Å². The summed E-state index contributed by atoms with van der Waals surface area (Å²) in [5.74, 6) is 0.287. The zero-order valence-corrected chi connectivity index (χ0v) is 24.8. The minimum atomic E-state index is -1.03. The molecule has 208 valence electrons. The minimum Gasteiger partial charge on any atom is -0.298 e. The van der Waals surface area contributed by atoms with Gasteiger partial charge in [0.05, 0.1) is 21.7 Å². The van der Waals surface area contributed by atoms with E-state index in [4.69, 9.17) is 0 Å². The lowest BCUT2D eigenvalue weighted by molar-refractivity contribution is -0.136. The van der Waals surface area contributed by atoms with Gasteiger partial charge in [0.2, 0.25) is 0 Å². The van der Waals surface area contributed by atoms with Crippen LogP contribution in [0.1, 0.15) is 62.8 Å². The Balaban J connectivity index is 1.77. The Morgan fingerprint density at radius 3 is 1.33 bits per heavy atom. The summed E-state index contributed by atoms with van der Waals surface area (Å²) in [5.41, 5.74) is 4.15. The largest absolute Gasteiger partial charge is 0.298 e. The molecule has 2 nitrogen and oxygen atoms in total. The molecular weight excluding hydrogens is 512 g/mol. The smallest absolute Gasteiger partial charge is 0.167 e. The van der Waals surface area contributed by atoms with Gasteiger partial charge in [-0.25, -0.2) is 0 Å². The first-order valence-electron chi connectivity index (χ1n) is 15.2. The van der Waals surface area contributed by atoms with Crippen LogP contribution in [0.5, 0.6) is 0 Å². The van der Waals surface area contributed by atoms with Crippen LogP contribution in [-0.2, 0) is 15.0 Å². The zero-order chi connectivity index (χ0) is 29.3. The molecule has 1 saturated carbocycles. The van der Waals surface area contributed by atoms with Crippen LogP contribution < -0.4 is 0 Å². The second-order valence-electron chi connectivity index (χ2n) is 12.3. The highest BCUT2D eigenvalue weighted by atomic mass is 16.1. The molecule has 0 spiro atoms. The van der Waals surface area contributed by atoms with E-state index >= 15 is 9.59 Å². The number of carbonyl (C=O) groups excluding carboxylic acids is 2. The fraction of sp³-hybridized carbons (Fsp3) is 0.250. The molecule has 2 heteroatoms. The first kappa shape index (κ1) is 26.6. The molecule has 0 heterocycles. The molecule has 4 aromatic carbocycles. The highest BCUT2D eigenvalue weighted by Crippen LogP contribution is 2.87. The predicted molar refractivity (Wildman–Crippen MR) is 170 cm³/mol. The number of benzene rings is 4. The van der Waals surface area contributed by atoms with Crippen LogP contribution in [0.4, 0.5) is 0 Å². The summed E-state index contributed by atoms with van der Waals surface area (Å²) in [6, 6.07) is 41.6. The maximum atomic E-state index is 15.9. The van der Waals surface area contributed by atoms with E-state index in [0.717, 1.165) is 44.5 Å². The summed E-state index contributed by atoms with van der Waals surface area (Å²) in [5, 5.41) is 0. The van der Waals surface area contributed by atoms with E-state index in [1.54, 1.807) is 0 Å². The Bertz CT molecular complexity index is 1780. The second kappa shape index (κ2) is 9.10. The van der Waals surface area contributed by atoms with Crippen LogP contribution in [-0.4, -0.2) is 11.6 Å². The second-order valence-corrected chi connectivity index (χ2v) is 12.3. The Morgan fingerprint density at radius 2 is 0.905 bits per heavy atom. The SMILES string of the molecule is CCC12C(=O)C(CC)(C(c3ccccc3)=C1c1ccccc1)C1(c3ccccc3)C(c3ccccc3)=C(C)C(=O)C21C. The van der Waals surface area contributed by atoms with Gasteiger partial charge in [0.15, 0.2) is 11.6 Å². The minimum absolute atomic E-state index is 0.0938.